The third-order valence-electron chi connectivity index (χ3n) is 3.81. The van der Waals surface area contributed by atoms with Crippen LogP contribution in [0.2, 0.25) is 0 Å². The highest BCUT2D eigenvalue weighted by molar-refractivity contribution is 7.99. The molecule has 1 aromatic heterocycles. The normalized spacial score (nSPS) is 10.8. The predicted molar refractivity (Wildman–Crippen MR) is 93.5 cm³/mol. The number of ketones is 1. The first kappa shape index (κ1) is 17.0. The van der Waals surface area contributed by atoms with Gasteiger partial charge in [-0.1, -0.05) is 17.8 Å². The van der Waals surface area contributed by atoms with Crippen LogP contribution in [0.3, 0.4) is 0 Å². The molecule has 0 radical (unpaired) electrons. The number of hydrogen-bond donors (Lipinski definition) is 2. The first-order chi connectivity index (χ1) is 12.0. The van der Waals surface area contributed by atoms with Gasteiger partial charge in [0.05, 0.1) is 11.4 Å². The Bertz CT molecular complexity index is 939. The number of rotatable bonds is 5. The van der Waals surface area contributed by atoms with Crippen LogP contribution in [0, 0.1) is 13.8 Å². The first-order valence-electron chi connectivity index (χ1n) is 7.49. The van der Waals surface area contributed by atoms with E-state index in [2.05, 4.69) is 15.5 Å². The lowest BCUT2D eigenvalue weighted by Crippen LogP contribution is -2.05. The minimum atomic E-state index is -0.323. The lowest BCUT2D eigenvalue weighted by molar-refractivity contribution is 0.102. The van der Waals surface area contributed by atoms with Crippen LogP contribution < -0.4 is 0 Å². The second-order valence-electron chi connectivity index (χ2n) is 5.56. The number of phenols is 2. The fourth-order valence-corrected chi connectivity index (χ4v) is 2.98. The zero-order chi connectivity index (χ0) is 18.0. The molecule has 1 heterocycles. The number of aromatic nitrogens is 4. The third-order valence-corrected chi connectivity index (χ3v) is 4.73. The van der Waals surface area contributed by atoms with Crippen LogP contribution in [0.5, 0.6) is 11.5 Å². The number of nitrogens with zero attached hydrogens (tertiary/aromatic N) is 4. The Morgan fingerprint density at radius 2 is 1.88 bits per heavy atom. The molecule has 0 saturated heterocycles. The van der Waals surface area contributed by atoms with Crippen molar-refractivity contribution in [1.82, 2.24) is 20.2 Å². The van der Waals surface area contributed by atoms with Crippen molar-refractivity contribution in [3.05, 3.63) is 53.1 Å². The Kier molecular flexibility index (Phi) is 4.71. The van der Waals surface area contributed by atoms with E-state index in [-0.39, 0.29) is 23.0 Å². The number of phenolic OH excluding ortho intramolecular Hbond substituents is 2. The molecule has 0 amide bonds. The van der Waals surface area contributed by atoms with Gasteiger partial charge in [-0.05, 0) is 65.7 Å². The molecule has 0 aliphatic carbocycles. The Morgan fingerprint density at radius 1 is 1.08 bits per heavy atom. The Labute approximate surface area is 148 Å². The maximum Gasteiger partial charge on any atom is 0.214 e. The van der Waals surface area contributed by atoms with Crippen molar-refractivity contribution in [2.24, 2.45) is 0 Å². The van der Waals surface area contributed by atoms with Gasteiger partial charge in [0.15, 0.2) is 17.3 Å². The molecule has 3 aromatic rings. The minimum absolute atomic E-state index is 0.107. The molecule has 25 heavy (non-hydrogen) atoms. The molecule has 2 N–H and O–H groups in total. The van der Waals surface area contributed by atoms with E-state index < -0.39 is 0 Å². The average Bonchev–Trinajstić information content (AvgIpc) is 3.06. The smallest absolute Gasteiger partial charge is 0.214 e. The fourth-order valence-electron chi connectivity index (χ4n) is 2.20. The Morgan fingerprint density at radius 3 is 2.60 bits per heavy atom. The summed E-state index contributed by atoms with van der Waals surface area (Å²) in [6.07, 6.45) is 0. The summed E-state index contributed by atoms with van der Waals surface area (Å²) in [4.78, 5) is 12.3. The molecule has 0 atom stereocenters. The van der Waals surface area contributed by atoms with Gasteiger partial charge in [-0.25, -0.2) is 0 Å². The molecule has 0 spiro atoms. The molecule has 0 bridgehead atoms. The number of aromatic hydroxyl groups is 2. The van der Waals surface area contributed by atoms with Crippen LogP contribution in [0.15, 0.2) is 41.6 Å². The SMILES string of the molecule is Cc1ccc(-n2nnnc2SCC(=O)c2ccc(O)c(O)c2)cc1C. The largest absolute Gasteiger partial charge is 0.504 e. The zero-order valence-corrected chi connectivity index (χ0v) is 14.5. The number of thioether (sulfide) groups is 1. The number of hydrogen-bond acceptors (Lipinski definition) is 7. The van der Waals surface area contributed by atoms with E-state index in [0.717, 1.165) is 11.3 Å². The van der Waals surface area contributed by atoms with Gasteiger partial charge in [0.1, 0.15) is 0 Å². The summed E-state index contributed by atoms with van der Waals surface area (Å²) in [5, 5.41) is 30.9. The van der Waals surface area contributed by atoms with Crippen LogP contribution in [-0.4, -0.2) is 42.0 Å². The van der Waals surface area contributed by atoms with Gasteiger partial charge >= 0.3 is 0 Å². The number of tetrazole rings is 1. The number of aryl methyl sites for hydroxylation is 2. The molecular weight excluding hydrogens is 340 g/mol. The highest BCUT2D eigenvalue weighted by atomic mass is 32.2. The molecule has 0 unspecified atom stereocenters. The van der Waals surface area contributed by atoms with Crippen LogP contribution in [0.4, 0.5) is 0 Å². The van der Waals surface area contributed by atoms with Gasteiger partial charge in [-0.15, -0.1) is 5.10 Å². The molecule has 7 nitrogen and oxygen atoms in total. The van der Waals surface area contributed by atoms with Gasteiger partial charge in [-0.2, -0.15) is 4.68 Å². The molecule has 0 aliphatic rings. The van der Waals surface area contributed by atoms with Crippen molar-refractivity contribution < 1.29 is 15.0 Å². The van der Waals surface area contributed by atoms with E-state index in [1.165, 1.54) is 35.5 Å². The van der Waals surface area contributed by atoms with Crippen molar-refractivity contribution in [2.75, 3.05) is 5.75 Å². The van der Waals surface area contributed by atoms with Gasteiger partial charge in [0.2, 0.25) is 5.16 Å². The maximum atomic E-state index is 12.3. The predicted octanol–water partition coefficient (Wildman–Crippen LogP) is 2.67. The van der Waals surface area contributed by atoms with Gasteiger partial charge in [0, 0.05) is 5.56 Å². The van der Waals surface area contributed by atoms with Gasteiger partial charge in [-0.3, -0.25) is 4.79 Å². The second-order valence-corrected chi connectivity index (χ2v) is 6.50. The van der Waals surface area contributed by atoms with E-state index in [0.29, 0.717) is 10.7 Å². The van der Waals surface area contributed by atoms with Crippen molar-refractivity contribution >= 4 is 17.5 Å². The van der Waals surface area contributed by atoms with Crippen LogP contribution in [-0.2, 0) is 0 Å². The van der Waals surface area contributed by atoms with E-state index >= 15 is 0 Å². The highest BCUT2D eigenvalue weighted by Gasteiger charge is 2.14. The molecule has 3 rings (SSSR count). The standard InChI is InChI=1S/C17H16N4O3S/c1-10-3-5-13(7-11(10)2)21-17(18-19-20-21)25-9-16(24)12-4-6-14(22)15(23)8-12/h3-8,22-23H,9H2,1-2H3. The lowest BCUT2D eigenvalue weighted by Gasteiger charge is -2.07. The quantitative estimate of drug-likeness (QED) is 0.412. The highest BCUT2D eigenvalue weighted by Crippen LogP contribution is 2.26. The summed E-state index contributed by atoms with van der Waals surface area (Å²) >= 11 is 1.20. The van der Waals surface area contributed by atoms with E-state index in [1.54, 1.807) is 4.68 Å². The summed E-state index contributed by atoms with van der Waals surface area (Å²) in [6.45, 7) is 4.04. The van der Waals surface area contributed by atoms with E-state index in [9.17, 15) is 15.0 Å². The molecule has 0 saturated carbocycles. The van der Waals surface area contributed by atoms with E-state index in [4.69, 9.17) is 0 Å². The first-order valence-corrected chi connectivity index (χ1v) is 8.48. The Balaban J connectivity index is 1.76. The average molecular weight is 356 g/mol. The summed E-state index contributed by atoms with van der Waals surface area (Å²) < 4.78 is 1.58. The molecular formula is C17H16N4O3S. The van der Waals surface area contributed by atoms with Gasteiger partial charge in [0.25, 0.3) is 0 Å². The van der Waals surface area contributed by atoms with Crippen LogP contribution >= 0.6 is 11.8 Å². The van der Waals surface area contributed by atoms with E-state index in [1.807, 2.05) is 32.0 Å². The van der Waals surface area contributed by atoms with Crippen LogP contribution in [0.25, 0.3) is 5.69 Å². The zero-order valence-electron chi connectivity index (χ0n) is 13.7. The topological polar surface area (TPSA) is 101 Å². The molecule has 0 fully saturated rings. The maximum absolute atomic E-state index is 12.3. The fraction of sp³-hybridized carbons (Fsp3) is 0.176. The van der Waals surface area contributed by atoms with Gasteiger partial charge < -0.3 is 10.2 Å². The second kappa shape index (κ2) is 6.94. The summed E-state index contributed by atoms with van der Waals surface area (Å²) in [7, 11) is 0. The van der Waals surface area contributed by atoms with Crippen molar-refractivity contribution in [2.45, 2.75) is 19.0 Å². The molecule has 128 valence electrons. The summed E-state index contributed by atoms with van der Waals surface area (Å²) in [5.41, 5.74) is 3.44. The molecule has 0 aliphatic heterocycles. The monoisotopic (exact) mass is 356 g/mol. The number of Topliss-reactive ketones (excluding diaryl/α,β-unsaturated/α-hetero) is 1. The van der Waals surface area contributed by atoms with Crippen LogP contribution in [0.1, 0.15) is 21.5 Å². The number of carbonyl (C=O) groups excluding carboxylic acids is 1. The van der Waals surface area contributed by atoms with Crippen molar-refractivity contribution in [3.8, 4) is 17.2 Å². The lowest BCUT2D eigenvalue weighted by atomic mass is 10.1. The third kappa shape index (κ3) is 3.63. The molecule has 2 aromatic carbocycles. The Hall–Kier alpha value is -2.87. The molecule has 8 heteroatoms. The van der Waals surface area contributed by atoms with Crippen molar-refractivity contribution in [1.29, 1.82) is 0 Å². The van der Waals surface area contributed by atoms with Crippen molar-refractivity contribution in [3.63, 3.8) is 0 Å². The summed E-state index contributed by atoms with van der Waals surface area (Å²) in [5.74, 6) is -0.677. The number of benzene rings is 2. The summed E-state index contributed by atoms with van der Waals surface area (Å²) in [6, 6.07) is 9.88. The number of carbonyl (C=O) groups is 1. The minimum Gasteiger partial charge on any atom is -0.504 e.